The van der Waals surface area contributed by atoms with Gasteiger partial charge in [-0.3, -0.25) is 0 Å². The maximum atomic E-state index is 12.7. The number of rotatable bonds is 9. The van der Waals surface area contributed by atoms with Gasteiger partial charge in [-0.05, 0) is 65.3 Å². The molecule has 0 atom stereocenters. The first-order valence-corrected chi connectivity index (χ1v) is 10.5. The molecule has 31 heavy (non-hydrogen) atoms. The lowest BCUT2D eigenvalue weighted by atomic mass is 10.2. The van der Waals surface area contributed by atoms with Crippen molar-refractivity contribution in [2.75, 3.05) is 19.8 Å². The summed E-state index contributed by atoms with van der Waals surface area (Å²) in [4.78, 5) is 24.6. The van der Waals surface area contributed by atoms with Gasteiger partial charge in [0.15, 0.2) is 0 Å². The Morgan fingerprint density at radius 1 is 0.806 bits per heavy atom. The lowest BCUT2D eigenvalue weighted by Gasteiger charge is -2.12. The molecule has 0 amide bonds. The van der Waals surface area contributed by atoms with Gasteiger partial charge in [0.05, 0.1) is 16.6 Å². The number of halogens is 1. The van der Waals surface area contributed by atoms with Crippen molar-refractivity contribution < 1.29 is 28.5 Å². The van der Waals surface area contributed by atoms with Crippen LogP contribution in [0.15, 0.2) is 77.3 Å². The molecular formula is C24H21BrO6. The van der Waals surface area contributed by atoms with E-state index in [1.165, 1.54) is 12.1 Å². The summed E-state index contributed by atoms with van der Waals surface area (Å²) < 4.78 is 22.3. The summed E-state index contributed by atoms with van der Waals surface area (Å²) in [6, 6.07) is 20.8. The molecule has 0 N–H and O–H groups in total. The van der Waals surface area contributed by atoms with Crippen LogP contribution < -0.4 is 14.2 Å². The summed E-state index contributed by atoms with van der Waals surface area (Å²) in [5, 5.41) is 0. The molecule has 3 rings (SSSR count). The number of carbonyl (C=O) groups excluding carboxylic acids is 2. The van der Waals surface area contributed by atoms with Crippen LogP contribution in [0.3, 0.4) is 0 Å². The van der Waals surface area contributed by atoms with E-state index in [9.17, 15) is 9.59 Å². The number of para-hydroxylation sites is 2. The van der Waals surface area contributed by atoms with Crippen LogP contribution in [-0.2, 0) is 4.74 Å². The molecule has 0 heterocycles. The summed E-state index contributed by atoms with van der Waals surface area (Å²) in [5.74, 6) is 0.389. The third-order valence-corrected chi connectivity index (χ3v) is 4.73. The van der Waals surface area contributed by atoms with E-state index >= 15 is 0 Å². The average molecular weight is 485 g/mol. The van der Waals surface area contributed by atoms with E-state index in [-0.39, 0.29) is 24.5 Å². The molecule has 0 aliphatic heterocycles. The van der Waals surface area contributed by atoms with E-state index in [2.05, 4.69) is 15.9 Å². The first-order valence-electron chi connectivity index (χ1n) is 9.67. The van der Waals surface area contributed by atoms with Crippen molar-refractivity contribution in [1.29, 1.82) is 0 Å². The molecule has 0 radical (unpaired) electrons. The fourth-order valence-electron chi connectivity index (χ4n) is 2.67. The summed E-state index contributed by atoms with van der Waals surface area (Å²) in [7, 11) is 0. The highest BCUT2D eigenvalue weighted by molar-refractivity contribution is 9.10. The van der Waals surface area contributed by atoms with E-state index in [1.807, 2.05) is 30.3 Å². The normalized spacial score (nSPS) is 10.3. The molecular weight excluding hydrogens is 464 g/mol. The van der Waals surface area contributed by atoms with Crippen LogP contribution in [0.5, 0.6) is 17.2 Å². The lowest BCUT2D eigenvalue weighted by molar-refractivity contribution is 0.0526. The summed E-state index contributed by atoms with van der Waals surface area (Å²) in [5.41, 5.74) is 0.638. The van der Waals surface area contributed by atoms with Crippen molar-refractivity contribution in [2.24, 2.45) is 0 Å². The van der Waals surface area contributed by atoms with Crippen LogP contribution in [0.4, 0.5) is 0 Å². The monoisotopic (exact) mass is 484 g/mol. The van der Waals surface area contributed by atoms with E-state index in [0.29, 0.717) is 22.4 Å². The predicted molar refractivity (Wildman–Crippen MR) is 119 cm³/mol. The summed E-state index contributed by atoms with van der Waals surface area (Å²) in [6.45, 7) is 2.60. The summed E-state index contributed by atoms with van der Waals surface area (Å²) in [6.07, 6.45) is 0. The highest BCUT2D eigenvalue weighted by Gasteiger charge is 2.17. The minimum absolute atomic E-state index is 0.261. The zero-order chi connectivity index (χ0) is 22.1. The molecule has 0 aliphatic rings. The first-order chi connectivity index (χ1) is 15.1. The third kappa shape index (κ3) is 6.33. The first kappa shape index (κ1) is 22.4. The fourth-order valence-corrected chi connectivity index (χ4v) is 3.13. The van der Waals surface area contributed by atoms with Crippen molar-refractivity contribution in [3.8, 4) is 17.2 Å². The minimum Gasteiger partial charge on any atom is -0.490 e. The van der Waals surface area contributed by atoms with Gasteiger partial charge < -0.3 is 18.9 Å². The van der Waals surface area contributed by atoms with Gasteiger partial charge >= 0.3 is 11.9 Å². The fraction of sp³-hybridized carbons (Fsp3) is 0.167. The molecule has 0 unspecified atom stereocenters. The average Bonchev–Trinajstić information content (AvgIpc) is 2.79. The Hall–Kier alpha value is -3.32. The van der Waals surface area contributed by atoms with Gasteiger partial charge in [-0.2, -0.15) is 0 Å². The van der Waals surface area contributed by atoms with Crippen molar-refractivity contribution in [2.45, 2.75) is 6.92 Å². The topological polar surface area (TPSA) is 71.1 Å². The van der Waals surface area contributed by atoms with Crippen molar-refractivity contribution >= 4 is 27.9 Å². The van der Waals surface area contributed by atoms with E-state index < -0.39 is 11.9 Å². The van der Waals surface area contributed by atoms with Crippen molar-refractivity contribution in [3.05, 3.63) is 88.4 Å². The van der Waals surface area contributed by atoms with Crippen LogP contribution in [0.25, 0.3) is 0 Å². The second kappa shape index (κ2) is 11.2. The molecule has 3 aromatic rings. The van der Waals surface area contributed by atoms with Gasteiger partial charge in [-0.25, -0.2) is 9.59 Å². The highest BCUT2D eigenvalue weighted by atomic mass is 79.9. The number of carbonyl (C=O) groups is 2. The number of hydrogen-bond acceptors (Lipinski definition) is 6. The molecule has 7 heteroatoms. The number of hydrogen-bond donors (Lipinski definition) is 0. The Morgan fingerprint density at radius 3 is 2.26 bits per heavy atom. The van der Waals surface area contributed by atoms with Gasteiger partial charge in [0.1, 0.15) is 36.0 Å². The smallest absolute Gasteiger partial charge is 0.347 e. The van der Waals surface area contributed by atoms with Gasteiger partial charge in [0.25, 0.3) is 0 Å². The maximum absolute atomic E-state index is 12.7. The van der Waals surface area contributed by atoms with Gasteiger partial charge in [0.2, 0.25) is 0 Å². The van der Waals surface area contributed by atoms with Gasteiger partial charge in [-0.1, -0.05) is 30.3 Å². The minimum atomic E-state index is -0.579. The third-order valence-electron chi connectivity index (χ3n) is 4.11. The molecule has 3 aromatic carbocycles. The van der Waals surface area contributed by atoms with Crippen molar-refractivity contribution in [3.63, 3.8) is 0 Å². The molecule has 0 aliphatic carbocycles. The molecule has 0 bridgehead atoms. The molecule has 0 spiro atoms. The second-order valence-corrected chi connectivity index (χ2v) is 7.12. The number of ether oxygens (including phenoxy) is 4. The van der Waals surface area contributed by atoms with Crippen LogP contribution >= 0.6 is 15.9 Å². The Kier molecular flexibility index (Phi) is 8.06. The zero-order valence-electron chi connectivity index (χ0n) is 16.9. The standard InChI is InChI=1S/C24H21BrO6/c1-2-28-23(26)17-12-13-22(20(25)16-17)31-24(27)19-10-6-7-11-21(19)30-15-14-29-18-8-4-3-5-9-18/h3-13,16H,2,14-15H2,1H3. The lowest BCUT2D eigenvalue weighted by Crippen LogP contribution is -2.14. The molecule has 6 nitrogen and oxygen atoms in total. The van der Waals surface area contributed by atoms with Crippen LogP contribution in [0.2, 0.25) is 0 Å². The van der Waals surface area contributed by atoms with Gasteiger partial charge in [0, 0.05) is 0 Å². The van der Waals surface area contributed by atoms with E-state index in [1.54, 1.807) is 37.3 Å². The van der Waals surface area contributed by atoms with Crippen LogP contribution in [0.1, 0.15) is 27.6 Å². The largest absolute Gasteiger partial charge is 0.490 e. The molecule has 160 valence electrons. The quantitative estimate of drug-likeness (QED) is 0.233. The maximum Gasteiger partial charge on any atom is 0.347 e. The summed E-state index contributed by atoms with van der Waals surface area (Å²) >= 11 is 3.33. The van der Waals surface area contributed by atoms with E-state index in [4.69, 9.17) is 18.9 Å². The number of esters is 2. The van der Waals surface area contributed by atoms with E-state index in [0.717, 1.165) is 5.75 Å². The predicted octanol–water partition coefficient (Wildman–Crippen LogP) is 5.30. The molecule has 0 fully saturated rings. The number of benzene rings is 3. The zero-order valence-corrected chi connectivity index (χ0v) is 18.5. The molecule has 0 aromatic heterocycles. The molecule has 0 saturated carbocycles. The second-order valence-electron chi connectivity index (χ2n) is 6.26. The Balaban J connectivity index is 1.62. The van der Waals surface area contributed by atoms with Gasteiger partial charge in [-0.15, -0.1) is 0 Å². The van der Waals surface area contributed by atoms with Crippen LogP contribution in [-0.4, -0.2) is 31.8 Å². The Bertz CT molecular complexity index is 1040. The molecule has 0 saturated heterocycles. The van der Waals surface area contributed by atoms with Crippen molar-refractivity contribution in [1.82, 2.24) is 0 Å². The highest BCUT2D eigenvalue weighted by Crippen LogP contribution is 2.28. The Labute approximate surface area is 188 Å². The SMILES string of the molecule is CCOC(=O)c1ccc(OC(=O)c2ccccc2OCCOc2ccccc2)c(Br)c1. The Morgan fingerprint density at radius 2 is 1.52 bits per heavy atom. The van der Waals surface area contributed by atoms with Crippen LogP contribution in [0, 0.1) is 0 Å².